The molecule has 84 valence electrons. The Morgan fingerprint density at radius 2 is 1.50 bits per heavy atom. The van der Waals surface area contributed by atoms with Gasteiger partial charge in [0.25, 0.3) is 0 Å². The van der Waals surface area contributed by atoms with E-state index in [2.05, 4.69) is 20.8 Å². The third kappa shape index (κ3) is 4.12. The molecule has 0 saturated heterocycles. The molecule has 0 bridgehead atoms. The first kappa shape index (κ1) is 13.5. The number of ether oxygens (including phenoxy) is 1. The molecule has 0 unspecified atom stereocenters. The van der Waals surface area contributed by atoms with Gasteiger partial charge in [-0.25, -0.2) is 0 Å². The maximum atomic E-state index is 11.8. The van der Waals surface area contributed by atoms with Gasteiger partial charge in [-0.2, -0.15) is 0 Å². The fourth-order valence-electron chi connectivity index (χ4n) is 0.995. The fraction of sp³-hybridized carbons (Fsp3) is 0.917. The van der Waals surface area contributed by atoms with Gasteiger partial charge in [-0.3, -0.25) is 4.79 Å². The number of carbonyl (C=O) groups excluding carboxylic acids is 1. The molecule has 0 aromatic rings. The van der Waals surface area contributed by atoms with Crippen LogP contribution in [-0.2, 0) is 9.53 Å². The third-order valence-corrected chi connectivity index (χ3v) is 2.69. The molecular weight excluding hydrogens is 176 g/mol. The minimum Gasteiger partial charge on any atom is -0.465 e. The molecule has 0 fully saturated rings. The van der Waals surface area contributed by atoms with E-state index in [1.54, 1.807) is 0 Å². The molecule has 2 nitrogen and oxygen atoms in total. The summed E-state index contributed by atoms with van der Waals surface area (Å²) in [6.45, 7) is 12.7. The molecule has 0 saturated carbocycles. The zero-order valence-electron chi connectivity index (χ0n) is 10.4. The largest absolute Gasteiger partial charge is 0.465 e. The van der Waals surface area contributed by atoms with E-state index < -0.39 is 0 Å². The Balaban J connectivity index is 4.20. The van der Waals surface area contributed by atoms with Crippen LogP contribution in [0.2, 0.25) is 0 Å². The van der Waals surface area contributed by atoms with Gasteiger partial charge in [-0.15, -0.1) is 0 Å². The van der Waals surface area contributed by atoms with E-state index in [4.69, 9.17) is 4.74 Å². The number of esters is 1. The Bertz CT molecular complexity index is 185. The van der Waals surface area contributed by atoms with Gasteiger partial charge in [0.05, 0.1) is 12.0 Å². The molecule has 0 aromatic carbocycles. The standard InChI is InChI=1S/C12H24O2/c1-7-12(6,8-2)10(13)14-9-11(3,4)5/h7-9H2,1-6H3. The Kier molecular flexibility index (Phi) is 4.63. The molecule has 0 heterocycles. The number of hydrogen-bond donors (Lipinski definition) is 0. The van der Waals surface area contributed by atoms with E-state index in [1.165, 1.54) is 0 Å². The molecule has 0 rings (SSSR count). The van der Waals surface area contributed by atoms with Crippen LogP contribution >= 0.6 is 0 Å². The van der Waals surface area contributed by atoms with Gasteiger partial charge in [0.1, 0.15) is 0 Å². The molecule has 0 radical (unpaired) electrons. The maximum Gasteiger partial charge on any atom is 0.311 e. The van der Waals surface area contributed by atoms with Gasteiger partial charge in [-0.05, 0) is 25.2 Å². The lowest BCUT2D eigenvalue weighted by Crippen LogP contribution is -2.31. The summed E-state index contributed by atoms with van der Waals surface area (Å²) in [5.74, 6) is -0.0579. The lowest BCUT2D eigenvalue weighted by atomic mass is 9.85. The van der Waals surface area contributed by atoms with Gasteiger partial charge < -0.3 is 4.74 Å². The van der Waals surface area contributed by atoms with Crippen LogP contribution in [0.15, 0.2) is 0 Å². The molecule has 0 amide bonds. The first-order valence-corrected chi connectivity index (χ1v) is 5.42. The van der Waals surface area contributed by atoms with Crippen LogP contribution in [0.1, 0.15) is 54.4 Å². The summed E-state index contributed by atoms with van der Waals surface area (Å²) in [6.07, 6.45) is 1.68. The topological polar surface area (TPSA) is 26.3 Å². The Labute approximate surface area is 88.0 Å². The minimum atomic E-state index is -0.300. The summed E-state index contributed by atoms with van der Waals surface area (Å²) in [7, 11) is 0. The highest BCUT2D eigenvalue weighted by atomic mass is 16.5. The van der Waals surface area contributed by atoms with E-state index in [-0.39, 0.29) is 16.8 Å². The highest BCUT2D eigenvalue weighted by molar-refractivity contribution is 5.76. The number of rotatable bonds is 4. The van der Waals surface area contributed by atoms with Crippen molar-refractivity contribution in [2.24, 2.45) is 10.8 Å². The second kappa shape index (κ2) is 4.81. The van der Waals surface area contributed by atoms with Crippen LogP contribution in [-0.4, -0.2) is 12.6 Å². The molecule has 0 aliphatic carbocycles. The first-order chi connectivity index (χ1) is 6.25. The second-order valence-electron chi connectivity index (χ2n) is 5.40. The van der Waals surface area contributed by atoms with Crippen LogP contribution in [0.25, 0.3) is 0 Å². The van der Waals surface area contributed by atoms with Gasteiger partial charge in [0.2, 0.25) is 0 Å². The van der Waals surface area contributed by atoms with Crippen LogP contribution in [0, 0.1) is 10.8 Å². The van der Waals surface area contributed by atoms with Crippen LogP contribution in [0.5, 0.6) is 0 Å². The normalized spacial score (nSPS) is 12.7. The maximum absolute atomic E-state index is 11.8. The second-order valence-corrected chi connectivity index (χ2v) is 5.40. The molecule has 0 atom stereocenters. The summed E-state index contributed by atoms with van der Waals surface area (Å²) < 4.78 is 5.31. The molecular formula is C12H24O2. The van der Waals surface area contributed by atoms with Crippen molar-refractivity contribution in [1.29, 1.82) is 0 Å². The van der Waals surface area contributed by atoms with Gasteiger partial charge in [-0.1, -0.05) is 34.6 Å². The molecule has 0 spiro atoms. The van der Waals surface area contributed by atoms with E-state index in [9.17, 15) is 4.79 Å². The predicted octanol–water partition coefficient (Wildman–Crippen LogP) is 3.40. The fourth-order valence-corrected chi connectivity index (χ4v) is 0.995. The predicted molar refractivity (Wildman–Crippen MR) is 59.1 cm³/mol. The monoisotopic (exact) mass is 200 g/mol. The van der Waals surface area contributed by atoms with Crippen molar-refractivity contribution in [3.63, 3.8) is 0 Å². The van der Waals surface area contributed by atoms with E-state index >= 15 is 0 Å². The van der Waals surface area contributed by atoms with Gasteiger partial charge in [0, 0.05) is 0 Å². The average Bonchev–Trinajstić information content (AvgIpc) is 2.11. The quantitative estimate of drug-likeness (QED) is 0.650. The first-order valence-electron chi connectivity index (χ1n) is 5.42. The van der Waals surface area contributed by atoms with Gasteiger partial charge in [0.15, 0.2) is 0 Å². The summed E-state index contributed by atoms with van der Waals surface area (Å²) >= 11 is 0. The highest BCUT2D eigenvalue weighted by Crippen LogP contribution is 2.28. The minimum absolute atomic E-state index is 0.0536. The summed E-state index contributed by atoms with van der Waals surface area (Å²) in [4.78, 5) is 11.8. The molecule has 0 aliphatic heterocycles. The average molecular weight is 200 g/mol. The third-order valence-electron chi connectivity index (χ3n) is 2.69. The zero-order valence-corrected chi connectivity index (χ0v) is 10.4. The van der Waals surface area contributed by atoms with Crippen molar-refractivity contribution in [3.05, 3.63) is 0 Å². The van der Waals surface area contributed by atoms with E-state index in [0.29, 0.717) is 6.61 Å². The molecule has 0 aromatic heterocycles. The van der Waals surface area contributed by atoms with Crippen LogP contribution < -0.4 is 0 Å². The summed E-state index contributed by atoms with van der Waals surface area (Å²) in [5.41, 5.74) is -0.247. The van der Waals surface area contributed by atoms with Crippen molar-refractivity contribution in [2.45, 2.75) is 54.4 Å². The molecule has 2 heteroatoms. The van der Waals surface area contributed by atoms with E-state index in [1.807, 2.05) is 20.8 Å². The lowest BCUT2D eigenvalue weighted by molar-refractivity contribution is -0.158. The molecule has 14 heavy (non-hydrogen) atoms. The van der Waals surface area contributed by atoms with Crippen molar-refractivity contribution in [2.75, 3.05) is 6.61 Å². The SMILES string of the molecule is CCC(C)(CC)C(=O)OCC(C)(C)C. The zero-order chi connectivity index (χ0) is 11.4. The Morgan fingerprint density at radius 1 is 1.07 bits per heavy atom. The number of carbonyl (C=O) groups is 1. The van der Waals surface area contributed by atoms with E-state index in [0.717, 1.165) is 12.8 Å². The highest BCUT2D eigenvalue weighted by Gasteiger charge is 2.31. The van der Waals surface area contributed by atoms with Crippen molar-refractivity contribution in [3.8, 4) is 0 Å². The van der Waals surface area contributed by atoms with Gasteiger partial charge >= 0.3 is 5.97 Å². The lowest BCUT2D eigenvalue weighted by Gasteiger charge is -2.26. The van der Waals surface area contributed by atoms with Crippen LogP contribution in [0.3, 0.4) is 0 Å². The molecule has 0 N–H and O–H groups in total. The van der Waals surface area contributed by atoms with Crippen molar-refractivity contribution >= 4 is 5.97 Å². The van der Waals surface area contributed by atoms with Crippen LogP contribution in [0.4, 0.5) is 0 Å². The smallest absolute Gasteiger partial charge is 0.311 e. The molecule has 0 aliphatic rings. The van der Waals surface area contributed by atoms with Crippen molar-refractivity contribution in [1.82, 2.24) is 0 Å². The summed E-state index contributed by atoms with van der Waals surface area (Å²) in [6, 6.07) is 0. The van der Waals surface area contributed by atoms with Crippen molar-refractivity contribution < 1.29 is 9.53 Å². The summed E-state index contributed by atoms with van der Waals surface area (Å²) in [5, 5.41) is 0. The Morgan fingerprint density at radius 3 is 1.79 bits per heavy atom. The Hall–Kier alpha value is -0.530. The number of hydrogen-bond acceptors (Lipinski definition) is 2.